The van der Waals surface area contributed by atoms with Crippen LogP contribution in [-0.2, 0) is 20.0 Å². The van der Waals surface area contributed by atoms with Gasteiger partial charge in [0.2, 0.25) is 17.9 Å². The van der Waals surface area contributed by atoms with Crippen LogP contribution in [0.3, 0.4) is 0 Å². The van der Waals surface area contributed by atoms with E-state index in [4.69, 9.17) is 54.5 Å². The van der Waals surface area contributed by atoms with Gasteiger partial charge in [-0.2, -0.15) is 10.3 Å². The van der Waals surface area contributed by atoms with Crippen LogP contribution in [0.4, 0.5) is 0 Å². The number of ether oxygens (including phenoxy) is 6. The molecule has 5 aliphatic rings. The van der Waals surface area contributed by atoms with Crippen molar-refractivity contribution in [3.05, 3.63) is 108 Å². The Balaban J connectivity index is 0.000000179. The van der Waals surface area contributed by atoms with Gasteiger partial charge in [-0.15, -0.1) is 12.4 Å². The SMILES string of the molecule is CN1OC2(CC3(CCCOC3)Oc3ccc(Oc4ccccc4)cc32)N=C1N.CNO.Cl.N#CN=C1CC2(CCCOC2)Oc2ccc(Oc3ccccc3)cc21. The van der Waals surface area contributed by atoms with Crippen LogP contribution in [0, 0.1) is 11.5 Å². The second kappa shape index (κ2) is 18.2. The second-order valence-corrected chi connectivity index (χ2v) is 14.1. The molecule has 5 heterocycles. The van der Waals surface area contributed by atoms with Crippen molar-refractivity contribution in [2.75, 3.05) is 40.5 Å². The predicted octanol–water partition coefficient (Wildman–Crippen LogP) is 7.25. The number of hydrogen-bond acceptors (Lipinski definition) is 14. The van der Waals surface area contributed by atoms with Gasteiger partial charge in [0.15, 0.2) is 0 Å². The van der Waals surface area contributed by atoms with E-state index in [1.165, 1.54) is 12.1 Å². The van der Waals surface area contributed by atoms with Crippen LogP contribution >= 0.6 is 12.4 Å². The highest BCUT2D eigenvalue weighted by Crippen LogP contribution is 2.52. The lowest BCUT2D eigenvalue weighted by Crippen LogP contribution is -2.53. The summed E-state index contributed by atoms with van der Waals surface area (Å²) in [6, 6.07) is 30.6. The van der Waals surface area contributed by atoms with Gasteiger partial charge in [-0.25, -0.2) is 20.4 Å². The number of rotatable bonds is 4. The zero-order valence-electron chi connectivity index (χ0n) is 31.9. The maximum atomic E-state index is 9.09. The zero-order valence-corrected chi connectivity index (χ0v) is 32.7. The Labute approximate surface area is 338 Å². The third-order valence-corrected chi connectivity index (χ3v) is 9.96. The van der Waals surface area contributed by atoms with Gasteiger partial charge in [-0.05, 0) is 86.3 Å². The minimum atomic E-state index is -0.941. The number of fused-ring (bicyclic) bond motifs is 3. The van der Waals surface area contributed by atoms with Gasteiger partial charge in [-0.1, -0.05) is 36.4 Å². The fourth-order valence-electron chi connectivity index (χ4n) is 7.56. The molecule has 2 saturated heterocycles. The second-order valence-electron chi connectivity index (χ2n) is 14.1. The highest BCUT2D eigenvalue weighted by Gasteiger charge is 2.55. The molecule has 0 radical (unpaired) electrons. The van der Waals surface area contributed by atoms with Gasteiger partial charge < -0.3 is 39.4 Å². The molecule has 2 fully saturated rings. The minimum Gasteiger partial charge on any atom is -0.484 e. The highest BCUT2D eigenvalue weighted by atomic mass is 35.5. The molecule has 4 N–H and O–H groups in total. The molecule has 4 aromatic carbocycles. The maximum Gasteiger partial charge on any atom is 0.222 e. The van der Waals surface area contributed by atoms with Gasteiger partial charge in [0.1, 0.15) is 45.7 Å². The van der Waals surface area contributed by atoms with E-state index in [9.17, 15) is 0 Å². The van der Waals surface area contributed by atoms with Crippen molar-refractivity contribution in [2.45, 2.75) is 55.5 Å². The third-order valence-electron chi connectivity index (χ3n) is 9.96. The number of hydroxylamine groups is 3. The van der Waals surface area contributed by atoms with Crippen LogP contribution in [0.15, 0.2) is 107 Å². The van der Waals surface area contributed by atoms with E-state index >= 15 is 0 Å². The summed E-state index contributed by atoms with van der Waals surface area (Å²) in [5.74, 6) is 4.70. The molecular weight excluding hydrogens is 752 g/mol. The fraction of sp³-hybridized carbons (Fsp3) is 0.357. The molecule has 0 bridgehead atoms. The number of nitrogens with one attached hydrogen (secondary N) is 1. The molecule has 57 heavy (non-hydrogen) atoms. The lowest BCUT2D eigenvalue weighted by molar-refractivity contribution is -0.216. The molecule has 5 aliphatic heterocycles. The van der Waals surface area contributed by atoms with Crippen LogP contribution in [0.5, 0.6) is 34.5 Å². The highest BCUT2D eigenvalue weighted by molar-refractivity contribution is 6.05. The Hall–Kier alpha value is -5.40. The quantitative estimate of drug-likeness (QED) is 0.140. The van der Waals surface area contributed by atoms with Crippen molar-refractivity contribution in [1.82, 2.24) is 10.5 Å². The van der Waals surface area contributed by atoms with Gasteiger partial charge >= 0.3 is 0 Å². The molecule has 4 aromatic rings. The first-order chi connectivity index (χ1) is 27.3. The van der Waals surface area contributed by atoms with Crippen molar-refractivity contribution in [2.24, 2.45) is 15.7 Å². The Bertz CT molecular complexity index is 2070. The van der Waals surface area contributed by atoms with Crippen LogP contribution in [0.25, 0.3) is 0 Å². The summed E-state index contributed by atoms with van der Waals surface area (Å²) < 4.78 is 36.0. The van der Waals surface area contributed by atoms with Crippen LogP contribution < -0.4 is 30.2 Å². The predicted molar refractivity (Wildman–Crippen MR) is 214 cm³/mol. The smallest absolute Gasteiger partial charge is 0.222 e. The first-order valence-electron chi connectivity index (χ1n) is 18.6. The maximum absolute atomic E-state index is 9.09. The van der Waals surface area contributed by atoms with Crippen LogP contribution in [0.1, 0.15) is 49.7 Å². The van der Waals surface area contributed by atoms with E-state index in [0.717, 1.165) is 78.7 Å². The topological polar surface area (TPSA) is 175 Å². The fourth-order valence-corrected chi connectivity index (χ4v) is 7.56. The summed E-state index contributed by atoms with van der Waals surface area (Å²) in [5.41, 5.74) is 8.34. The molecule has 0 aliphatic carbocycles. The molecule has 3 atom stereocenters. The number of benzene rings is 4. The molecule has 0 aromatic heterocycles. The minimum absolute atomic E-state index is 0. The number of hydrogen-bond donors (Lipinski definition) is 3. The Kier molecular flexibility index (Phi) is 13.2. The van der Waals surface area contributed by atoms with Crippen molar-refractivity contribution in [1.29, 1.82) is 5.26 Å². The Morgan fingerprint density at radius 2 is 1.39 bits per heavy atom. The zero-order chi connectivity index (χ0) is 39.0. The van der Waals surface area contributed by atoms with Crippen molar-refractivity contribution >= 4 is 24.1 Å². The number of halogens is 1. The van der Waals surface area contributed by atoms with Crippen molar-refractivity contribution in [3.63, 3.8) is 0 Å². The van der Waals surface area contributed by atoms with E-state index in [0.29, 0.717) is 43.5 Å². The van der Waals surface area contributed by atoms with Gasteiger partial charge in [0.25, 0.3) is 0 Å². The summed E-state index contributed by atoms with van der Waals surface area (Å²) >= 11 is 0. The number of nitrogens with zero attached hydrogens (tertiary/aromatic N) is 4. The molecule has 3 spiro atoms. The van der Waals surface area contributed by atoms with Crippen LogP contribution in [0.2, 0.25) is 0 Å². The molecule has 0 saturated carbocycles. The standard InChI is InChI=1S/C21H23N3O4.C20H18N2O3.CH5NO.ClH/c1-24-19(22)23-21(28-24)13-20(10-5-11-25-14-20)27-18-9-8-16(12-17(18)21)26-15-6-3-2-4-7-15;21-14-22-18-12-20(9-4-10-23-13-20)25-19-8-7-16(11-17(18)19)24-15-5-2-1-3-6-15;1-2-3;/h2-4,6-9,12H,5,10-11,13-14H2,1H3,(H2,22,23);1-3,5-8,11H,4,9-10,12-13H2;2-3H,1H3;1H. The van der Waals surface area contributed by atoms with E-state index in [1.54, 1.807) is 12.5 Å². The Morgan fingerprint density at radius 3 is 1.93 bits per heavy atom. The number of nitriles is 1. The summed E-state index contributed by atoms with van der Waals surface area (Å²) in [4.78, 5) is 14.9. The average molecular weight is 799 g/mol. The molecule has 300 valence electrons. The lowest BCUT2D eigenvalue weighted by atomic mass is 9.81. The van der Waals surface area contributed by atoms with E-state index in [1.807, 2.05) is 103 Å². The van der Waals surface area contributed by atoms with E-state index in [-0.39, 0.29) is 12.4 Å². The lowest BCUT2D eigenvalue weighted by Gasteiger charge is -2.46. The third kappa shape index (κ3) is 9.43. The normalized spacial score (nSPS) is 24.8. The largest absolute Gasteiger partial charge is 0.484 e. The Morgan fingerprint density at radius 1 is 0.825 bits per heavy atom. The summed E-state index contributed by atoms with van der Waals surface area (Å²) in [6.07, 6.45) is 6.71. The van der Waals surface area contributed by atoms with Crippen molar-refractivity contribution in [3.8, 4) is 40.7 Å². The summed E-state index contributed by atoms with van der Waals surface area (Å²) in [6.45, 7) is 2.55. The van der Waals surface area contributed by atoms with E-state index < -0.39 is 16.9 Å². The first-order valence-corrected chi connectivity index (χ1v) is 18.6. The van der Waals surface area contributed by atoms with Crippen LogP contribution in [-0.4, -0.2) is 73.7 Å². The summed E-state index contributed by atoms with van der Waals surface area (Å²) in [5, 5.41) is 17.9. The number of para-hydroxylation sites is 2. The number of nitrogens with two attached hydrogens (primary N) is 1. The van der Waals surface area contributed by atoms with Gasteiger partial charge in [-0.3, -0.25) is 0 Å². The molecule has 3 unspecified atom stereocenters. The molecule has 0 amide bonds. The molecule has 15 heteroatoms. The number of aliphatic imine (C=N–C) groups is 2. The first kappa shape index (κ1) is 41.2. The molecule has 14 nitrogen and oxygen atoms in total. The van der Waals surface area contributed by atoms with E-state index in [2.05, 4.69) is 4.99 Å². The number of guanidine groups is 1. The van der Waals surface area contributed by atoms with Gasteiger partial charge in [0, 0.05) is 45.7 Å². The monoisotopic (exact) mass is 798 g/mol. The van der Waals surface area contributed by atoms with Gasteiger partial charge in [0.05, 0.1) is 24.5 Å². The average Bonchev–Trinajstić information content (AvgIpc) is 3.49. The summed E-state index contributed by atoms with van der Waals surface area (Å²) in [7, 11) is 3.19. The molecule has 9 rings (SSSR count). The van der Waals surface area contributed by atoms with Crippen molar-refractivity contribution < 1.29 is 38.5 Å². The molecular formula is C42H47ClN6O8.